The van der Waals surface area contributed by atoms with Gasteiger partial charge in [-0.1, -0.05) is 12.1 Å². The van der Waals surface area contributed by atoms with Crippen LogP contribution in [-0.2, 0) is 4.79 Å². The standard InChI is InChI=1S/C19H17NO4/c20-13-1-2-14-23-16-8-10-18(11-9-16)24-17-6-3-15(4-7-17)5-12-19(21)22/h3-12H,1-2,14H2,(H,21,22)/b12-5+. The topological polar surface area (TPSA) is 79.5 Å². The summed E-state index contributed by atoms with van der Waals surface area (Å²) >= 11 is 0. The molecule has 0 radical (unpaired) electrons. The van der Waals surface area contributed by atoms with Crippen molar-refractivity contribution in [3.05, 3.63) is 60.2 Å². The molecule has 2 aromatic rings. The molecule has 0 spiro atoms. The average molecular weight is 323 g/mol. The molecule has 0 fully saturated rings. The Hall–Kier alpha value is -3.26. The van der Waals surface area contributed by atoms with Crippen molar-refractivity contribution in [2.45, 2.75) is 12.8 Å². The molecule has 0 aromatic heterocycles. The smallest absolute Gasteiger partial charge is 0.328 e. The van der Waals surface area contributed by atoms with Gasteiger partial charge in [0.2, 0.25) is 0 Å². The van der Waals surface area contributed by atoms with E-state index in [1.807, 2.05) is 12.1 Å². The molecule has 0 saturated heterocycles. The van der Waals surface area contributed by atoms with Crippen molar-refractivity contribution >= 4 is 12.0 Å². The van der Waals surface area contributed by atoms with Crippen LogP contribution >= 0.6 is 0 Å². The van der Waals surface area contributed by atoms with Crippen LogP contribution in [0.2, 0.25) is 0 Å². The number of nitriles is 1. The van der Waals surface area contributed by atoms with Gasteiger partial charge in [-0.05, 0) is 54.5 Å². The molecule has 0 saturated carbocycles. The number of nitrogens with zero attached hydrogens (tertiary/aromatic N) is 1. The van der Waals surface area contributed by atoms with Gasteiger partial charge in [0, 0.05) is 12.5 Å². The molecule has 0 aliphatic rings. The summed E-state index contributed by atoms with van der Waals surface area (Å²) in [5, 5.41) is 17.1. The molecule has 5 nitrogen and oxygen atoms in total. The second-order valence-corrected chi connectivity index (χ2v) is 4.92. The summed E-state index contributed by atoms with van der Waals surface area (Å²) in [5.41, 5.74) is 0.783. The van der Waals surface area contributed by atoms with E-state index < -0.39 is 5.97 Å². The first-order valence-electron chi connectivity index (χ1n) is 7.46. The Kier molecular flexibility index (Phi) is 6.42. The molecule has 0 aliphatic carbocycles. The zero-order valence-corrected chi connectivity index (χ0v) is 13.0. The maximum absolute atomic E-state index is 10.5. The molecule has 5 heteroatoms. The van der Waals surface area contributed by atoms with Crippen molar-refractivity contribution in [1.82, 2.24) is 0 Å². The maximum Gasteiger partial charge on any atom is 0.328 e. The van der Waals surface area contributed by atoms with Gasteiger partial charge in [-0.2, -0.15) is 5.26 Å². The number of ether oxygens (including phenoxy) is 2. The number of rotatable bonds is 8. The summed E-state index contributed by atoms with van der Waals surface area (Å²) in [6, 6.07) is 16.4. The maximum atomic E-state index is 10.5. The van der Waals surface area contributed by atoms with Crippen LogP contribution in [0.4, 0.5) is 0 Å². The molecule has 0 atom stereocenters. The van der Waals surface area contributed by atoms with Crippen LogP contribution in [0.1, 0.15) is 18.4 Å². The highest BCUT2D eigenvalue weighted by atomic mass is 16.5. The van der Waals surface area contributed by atoms with Crippen LogP contribution in [0, 0.1) is 11.3 Å². The zero-order valence-electron chi connectivity index (χ0n) is 13.0. The van der Waals surface area contributed by atoms with Crippen molar-refractivity contribution in [2.24, 2.45) is 0 Å². The van der Waals surface area contributed by atoms with Crippen LogP contribution in [0.3, 0.4) is 0 Å². The van der Waals surface area contributed by atoms with E-state index in [0.29, 0.717) is 30.9 Å². The Morgan fingerprint density at radius 2 is 1.62 bits per heavy atom. The fraction of sp³-hybridized carbons (Fsp3) is 0.158. The Labute approximate surface area is 140 Å². The monoisotopic (exact) mass is 323 g/mol. The van der Waals surface area contributed by atoms with Crippen LogP contribution in [0.25, 0.3) is 6.08 Å². The molecule has 0 heterocycles. The van der Waals surface area contributed by atoms with E-state index in [2.05, 4.69) is 6.07 Å². The lowest BCUT2D eigenvalue weighted by molar-refractivity contribution is -0.131. The molecule has 0 unspecified atom stereocenters. The molecule has 1 N–H and O–H groups in total. The van der Waals surface area contributed by atoms with Gasteiger partial charge < -0.3 is 14.6 Å². The summed E-state index contributed by atoms with van der Waals surface area (Å²) in [5.74, 6) is 1.08. The van der Waals surface area contributed by atoms with Crippen molar-refractivity contribution in [3.63, 3.8) is 0 Å². The first kappa shape index (κ1) is 17.1. The minimum absolute atomic E-state index is 0.485. The zero-order chi connectivity index (χ0) is 17.2. The van der Waals surface area contributed by atoms with Gasteiger partial charge in [-0.15, -0.1) is 0 Å². The van der Waals surface area contributed by atoms with Crippen molar-refractivity contribution < 1.29 is 19.4 Å². The molecule has 0 aliphatic heterocycles. The molecule has 2 aromatic carbocycles. The predicted octanol–water partition coefficient (Wildman–Crippen LogP) is 4.26. The third-order valence-corrected chi connectivity index (χ3v) is 3.06. The van der Waals surface area contributed by atoms with Crippen LogP contribution < -0.4 is 9.47 Å². The first-order chi connectivity index (χ1) is 11.7. The molecule has 2 rings (SSSR count). The van der Waals surface area contributed by atoms with Gasteiger partial charge in [-0.3, -0.25) is 0 Å². The van der Waals surface area contributed by atoms with Gasteiger partial charge in [0.25, 0.3) is 0 Å². The average Bonchev–Trinajstić information content (AvgIpc) is 2.59. The second kappa shape index (κ2) is 9.01. The third kappa shape index (κ3) is 5.85. The molecule has 24 heavy (non-hydrogen) atoms. The molecule has 0 bridgehead atoms. The summed E-state index contributed by atoms with van der Waals surface area (Å²) in [6.07, 6.45) is 3.80. The van der Waals surface area contributed by atoms with E-state index in [1.165, 1.54) is 6.08 Å². The van der Waals surface area contributed by atoms with E-state index in [-0.39, 0.29) is 0 Å². The molecular weight excluding hydrogens is 306 g/mol. The lowest BCUT2D eigenvalue weighted by atomic mass is 10.2. The van der Waals surface area contributed by atoms with Crippen molar-refractivity contribution in [1.29, 1.82) is 5.26 Å². The number of carboxylic acids is 1. The molecule has 122 valence electrons. The predicted molar refractivity (Wildman–Crippen MR) is 90.0 cm³/mol. The van der Waals surface area contributed by atoms with E-state index in [4.69, 9.17) is 19.8 Å². The highest BCUT2D eigenvalue weighted by molar-refractivity contribution is 5.85. The van der Waals surface area contributed by atoms with Gasteiger partial charge >= 0.3 is 5.97 Å². The summed E-state index contributed by atoms with van der Waals surface area (Å²) in [4.78, 5) is 10.5. The number of hydrogen-bond donors (Lipinski definition) is 1. The largest absolute Gasteiger partial charge is 0.494 e. The lowest BCUT2D eigenvalue weighted by Crippen LogP contribution is -1.96. The highest BCUT2D eigenvalue weighted by Crippen LogP contribution is 2.24. The number of aliphatic carboxylic acids is 1. The normalized spacial score (nSPS) is 10.3. The second-order valence-electron chi connectivity index (χ2n) is 4.92. The number of unbranched alkanes of at least 4 members (excludes halogenated alkanes) is 1. The highest BCUT2D eigenvalue weighted by Gasteiger charge is 1.99. The van der Waals surface area contributed by atoms with Crippen LogP contribution in [0.5, 0.6) is 17.2 Å². The number of hydrogen-bond acceptors (Lipinski definition) is 4. The third-order valence-electron chi connectivity index (χ3n) is 3.06. The van der Waals surface area contributed by atoms with E-state index in [1.54, 1.807) is 36.4 Å². The first-order valence-corrected chi connectivity index (χ1v) is 7.46. The Morgan fingerprint density at radius 1 is 1.04 bits per heavy atom. The fourth-order valence-electron chi connectivity index (χ4n) is 1.90. The summed E-state index contributed by atoms with van der Waals surface area (Å²) in [6.45, 7) is 0.513. The Balaban J connectivity index is 1.89. The summed E-state index contributed by atoms with van der Waals surface area (Å²) in [7, 11) is 0. The Bertz CT molecular complexity index is 727. The van der Waals surface area contributed by atoms with Gasteiger partial charge in [0.15, 0.2) is 0 Å². The van der Waals surface area contributed by atoms with Crippen LogP contribution in [0.15, 0.2) is 54.6 Å². The number of benzene rings is 2. The van der Waals surface area contributed by atoms with E-state index >= 15 is 0 Å². The quantitative estimate of drug-likeness (QED) is 0.580. The van der Waals surface area contributed by atoms with Crippen LogP contribution in [-0.4, -0.2) is 17.7 Å². The summed E-state index contributed by atoms with van der Waals surface area (Å²) < 4.78 is 11.2. The van der Waals surface area contributed by atoms with Gasteiger partial charge in [0.05, 0.1) is 12.7 Å². The molecular formula is C19H17NO4. The minimum atomic E-state index is -0.981. The van der Waals surface area contributed by atoms with Crippen molar-refractivity contribution in [2.75, 3.05) is 6.61 Å². The Morgan fingerprint density at radius 3 is 2.21 bits per heavy atom. The number of carbonyl (C=O) groups is 1. The minimum Gasteiger partial charge on any atom is -0.494 e. The van der Waals surface area contributed by atoms with Crippen molar-refractivity contribution in [3.8, 4) is 23.3 Å². The number of carboxylic acid groups (broad SMARTS) is 1. The SMILES string of the molecule is N#CCCCOc1ccc(Oc2ccc(/C=C/C(=O)O)cc2)cc1. The van der Waals surface area contributed by atoms with E-state index in [9.17, 15) is 4.79 Å². The van der Waals surface area contributed by atoms with Gasteiger partial charge in [-0.25, -0.2) is 4.79 Å². The fourth-order valence-corrected chi connectivity index (χ4v) is 1.90. The van der Waals surface area contributed by atoms with Gasteiger partial charge in [0.1, 0.15) is 17.2 Å². The van der Waals surface area contributed by atoms with E-state index in [0.717, 1.165) is 17.4 Å². The molecule has 0 amide bonds. The lowest BCUT2D eigenvalue weighted by Gasteiger charge is -2.08.